The number of aliphatic hydroxyl groups is 2. The Morgan fingerprint density at radius 2 is 1.90 bits per heavy atom. The normalized spacial score (nSPS) is 18.8. The van der Waals surface area contributed by atoms with Crippen molar-refractivity contribution in [1.29, 1.82) is 0 Å². The van der Waals surface area contributed by atoms with Gasteiger partial charge in [0.15, 0.2) is 6.61 Å². The van der Waals surface area contributed by atoms with Crippen LogP contribution in [-0.2, 0) is 9.53 Å². The molecule has 0 saturated carbocycles. The maximum atomic E-state index is 11.9. The number of benzene rings is 1. The maximum absolute atomic E-state index is 11.9. The van der Waals surface area contributed by atoms with E-state index in [0.29, 0.717) is 25.0 Å². The maximum Gasteiger partial charge on any atom is 0.404 e. The molecule has 1 aromatic carbocycles. The molecule has 6 unspecified atom stereocenters. The van der Waals surface area contributed by atoms with Crippen LogP contribution in [0.25, 0.3) is 6.08 Å². The largest absolute Gasteiger partial charge is 0.482 e. The average molecular weight is 543 g/mol. The van der Waals surface area contributed by atoms with Crippen molar-refractivity contribution in [2.45, 2.75) is 78.6 Å². The number of likely N-dealkylation sites (N-methyl/N-ethyl adjacent to an activating group) is 1. The summed E-state index contributed by atoms with van der Waals surface area (Å²) in [6.07, 6.45) is 9.76. The molecule has 8 heteroatoms. The molecule has 2 amide bonds. The first-order valence-corrected chi connectivity index (χ1v) is 13.8. The highest BCUT2D eigenvalue weighted by Crippen LogP contribution is 2.32. The molecule has 4 N–H and O–H groups in total. The third-order valence-electron chi connectivity index (χ3n) is 7.30. The first-order valence-electron chi connectivity index (χ1n) is 13.8. The number of carbonyl (C=O) groups excluding carboxylic acids is 2. The van der Waals surface area contributed by atoms with Crippen molar-refractivity contribution in [2.75, 3.05) is 18.6 Å². The Kier molecular flexibility index (Phi) is 12.7. The Bertz CT molecular complexity index is 1050. The molecular weight excluding hydrogens is 496 g/mol. The molecule has 39 heavy (non-hydrogen) atoms. The van der Waals surface area contributed by atoms with Crippen LogP contribution in [0.4, 0.5) is 10.5 Å². The number of amides is 2. The quantitative estimate of drug-likeness (QED) is 0.277. The Labute approximate surface area is 233 Å². The molecule has 6 atom stereocenters. The minimum absolute atomic E-state index is 0.0489. The lowest BCUT2D eigenvalue weighted by molar-refractivity contribution is -0.120. The number of hydrogen-bond acceptors (Lipinski definition) is 6. The van der Waals surface area contributed by atoms with Gasteiger partial charge in [0.2, 0.25) is 0 Å². The Balaban J connectivity index is 1.93. The molecule has 0 saturated heterocycles. The van der Waals surface area contributed by atoms with Crippen molar-refractivity contribution >= 4 is 23.8 Å². The molecule has 216 valence electrons. The molecule has 0 bridgehead atoms. The van der Waals surface area contributed by atoms with Gasteiger partial charge in [0.05, 0.1) is 17.9 Å². The van der Waals surface area contributed by atoms with Gasteiger partial charge in [-0.3, -0.25) is 4.79 Å². The molecule has 0 aromatic heterocycles. The fraction of sp³-hybridized carbons (Fsp3) is 0.548. The monoisotopic (exact) mass is 542 g/mol. The van der Waals surface area contributed by atoms with Crippen LogP contribution in [0.2, 0.25) is 0 Å². The molecule has 0 fully saturated rings. The summed E-state index contributed by atoms with van der Waals surface area (Å²) in [4.78, 5) is 24.9. The molecule has 1 aliphatic rings. The van der Waals surface area contributed by atoms with Gasteiger partial charge in [0.1, 0.15) is 11.9 Å². The second-order valence-electron chi connectivity index (χ2n) is 10.7. The topological polar surface area (TPSA) is 122 Å². The van der Waals surface area contributed by atoms with Crippen molar-refractivity contribution in [3.8, 4) is 5.75 Å². The van der Waals surface area contributed by atoms with Crippen LogP contribution in [0.3, 0.4) is 0 Å². The van der Waals surface area contributed by atoms with Crippen molar-refractivity contribution in [3.05, 3.63) is 53.6 Å². The highest BCUT2D eigenvalue weighted by Gasteiger charge is 2.30. The number of rotatable bonds is 14. The predicted octanol–water partition coefficient (Wildman–Crippen LogP) is 5.23. The summed E-state index contributed by atoms with van der Waals surface area (Å²) in [5, 5.41) is 21.7. The van der Waals surface area contributed by atoms with E-state index in [1.807, 2.05) is 83.2 Å². The van der Waals surface area contributed by atoms with Crippen molar-refractivity contribution in [1.82, 2.24) is 0 Å². The zero-order chi connectivity index (χ0) is 29.1. The molecule has 0 radical (unpaired) electrons. The van der Waals surface area contributed by atoms with Crippen LogP contribution in [0.15, 0.2) is 48.1 Å². The van der Waals surface area contributed by atoms with Gasteiger partial charge in [-0.15, -0.1) is 0 Å². The number of nitrogens with two attached hydrogens (primary N) is 1. The number of carbonyl (C=O) groups is 2. The van der Waals surface area contributed by atoms with Gasteiger partial charge in [-0.25, -0.2) is 4.79 Å². The smallest absolute Gasteiger partial charge is 0.404 e. The van der Waals surface area contributed by atoms with Gasteiger partial charge in [0, 0.05) is 25.3 Å². The van der Waals surface area contributed by atoms with E-state index >= 15 is 0 Å². The van der Waals surface area contributed by atoms with Crippen molar-refractivity contribution < 1.29 is 29.3 Å². The van der Waals surface area contributed by atoms with E-state index in [9.17, 15) is 19.8 Å². The van der Waals surface area contributed by atoms with E-state index in [-0.39, 0.29) is 30.3 Å². The van der Waals surface area contributed by atoms with Crippen LogP contribution in [-0.4, -0.2) is 54.2 Å². The van der Waals surface area contributed by atoms with Crippen molar-refractivity contribution in [2.24, 2.45) is 23.5 Å². The lowest BCUT2D eigenvalue weighted by Gasteiger charge is -2.30. The average Bonchev–Trinajstić information content (AvgIpc) is 2.89. The fourth-order valence-electron chi connectivity index (χ4n) is 4.86. The summed E-state index contributed by atoms with van der Waals surface area (Å²) in [7, 11) is 1.73. The van der Waals surface area contributed by atoms with Crippen LogP contribution >= 0.6 is 0 Å². The van der Waals surface area contributed by atoms with Crippen LogP contribution in [0, 0.1) is 17.8 Å². The number of aliphatic hydroxyl groups excluding tert-OH is 2. The molecule has 1 heterocycles. The highest BCUT2D eigenvalue weighted by molar-refractivity contribution is 5.97. The van der Waals surface area contributed by atoms with E-state index in [1.165, 1.54) is 0 Å². The van der Waals surface area contributed by atoms with E-state index in [1.54, 1.807) is 11.9 Å². The highest BCUT2D eigenvalue weighted by atomic mass is 16.6. The number of fused-ring (bicyclic) bond motifs is 1. The number of hydrogen-bond donors (Lipinski definition) is 3. The molecular formula is C31H46N2O6. The molecule has 8 nitrogen and oxygen atoms in total. The van der Waals surface area contributed by atoms with E-state index in [4.69, 9.17) is 15.2 Å². The van der Waals surface area contributed by atoms with E-state index < -0.39 is 24.4 Å². The van der Waals surface area contributed by atoms with Crippen LogP contribution in [0.5, 0.6) is 5.75 Å². The van der Waals surface area contributed by atoms with Gasteiger partial charge < -0.3 is 30.3 Å². The molecule has 0 spiro atoms. The molecule has 1 aromatic rings. The van der Waals surface area contributed by atoms with Gasteiger partial charge in [-0.05, 0) is 49.8 Å². The zero-order valence-electron chi connectivity index (χ0n) is 24.2. The lowest BCUT2D eigenvalue weighted by atomic mass is 9.84. The third kappa shape index (κ3) is 9.86. The minimum atomic E-state index is -0.840. The van der Waals surface area contributed by atoms with Gasteiger partial charge in [-0.2, -0.15) is 0 Å². The number of primary amides is 1. The number of allylic oxidation sites excluding steroid dienone is 2. The summed E-state index contributed by atoms with van der Waals surface area (Å²) in [6.45, 7) is 9.89. The summed E-state index contributed by atoms with van der Waals surface area (Å²) in [5.41, 5.74) is 7.99. The van der Waals surface area contributed by atoms with Gasteiger partial charge in [0.25, 0.3) is 5.91 Å². The fourth-order valence-corrected chi connectivity index (χ4v) is 4.86. The van der Waals surface area contributed by atoms with Crippen molar-refractivity contribution in [3.63, 3.8) is 0 Å². The Hall–Kier alpha value is -3.10. The van der Waals surface area contributed by atoms with Gasteiger partial charge in [-0.1, -0.05) is 69.7 Å². The minimum Gasteiger partial charge on any atom is -0.482 e. The summed E-state index contributed by atoms with van der Waals surface area (Å²) < 4.78 is 10.8. The summed E-state index contributed by atoms with van der Waals surface area (Å²) >= 11 is 0. The third-order valence-corrected chi connectivity index (χ3v) is 7.30. The lowest BCUT2D eigenvalue weighted by Crippen LogP contribution is -2.37. The zero-order valence-corrected chi connectivity index (χ0v) is 24.2. The first-order chi connectivity index (χ1) is 18.4. The van der Waals surface area contributed by atoms with Gasteiger partial charge >= 0.3 is 6.09 Å². The number of ether oxygens (including phenoxy) is 2. The molecule has 2 rings (SSSR count). The van der Waals surface area contributed by atoms with Crippen LogP contribution < -0.4 is 15.4 Å². The van der Waals surface area contributed by atoms with E-state index in [0.717, 1.165) is 23.2 Å². The first kappa shape index (κ1) is 32.1. The molecule has 1 aliphatic heterocycles. The number of anilines is 1. The number of nitrogens with zero attached hydrogens (tertiary/aromatic N) is 1. The standard InChI is InChI=1S/C31H46N2O6/c1-7-8-9-13-27(39-31(32)37)23(5)30(36)22(4)17-20(2)16-21(3)26(34)12-10-11-24-14-15-28-25(18-24)33(6)29(35)19-38-28/h8-11,14-16,18,21-23,26-27,30,34,36H,7,12-13,17,19H2,1-6H3,(H2,32,37)/b9-8-,11-10-,20-16-. The second kappa shape index (κ2) is 15.5. The Morgan fingerprint density at radius 3 is 2.56 bits per heavy atom. The Morgan fingerprint density at radius 1 is 1.18 bits per heavy atom. The molecule has 0 aliphatic carbocycles. The second-order valence-corrected chi connectivity index (χ2v) is 10.7. The summed E-state index contributed by atoms with van der Waals surface area (Å²) in [6, 6.07) is 5.67. The predicted molar refractivity (Wildman–Crippen MR) is 155 cm³/mol. The van der Waals surface area contributed by atoms with E-state index in [2.05, 4.69) is 0 Å². The summed E-state index contributed by atoms with van der Waals surface area (Å²) in [5.74, 6) is 0.147. The SMILES string of the molecule is CC/C=C\CC(OC(N)=O)C(C)C(O)C(C)C/C(C)=C\C(C)C(O)C/C=C\c1ccc2c(c1)N(C)C(=O)CO2. The van der Waals surface area contributed by atoms with Crippen LogP contribution in [0.1, 0.15) is 65.9 Å².